The van der Waals surface area contributed by atoms with Crippen molar-refractivity contribution in [2.45, 2.75) is 19.3 Å². The number of ether oxygens (including phenoxy) is 1. The van der Waals surface area contributed by atoms with Crippen molar-refractivity contribution in [3.05, 3.63) is 72.3 Å². The highest BCUT2D eigenvalue weighted by Crippen LogP contribution is 2.32. The van der Waals surface area contributed by atoms with E-state index in [0.717, 1.165) is 27.8 Å². The summed E-state index contributed by atoms with van der Waals surface area (Å²) >= 11 is 0. The van der Waals surface area contributed by atoms with Crippen LogP contribution < -0.4 is 10.1 Å². The topological polar surface area (TPSA) is 38.3 Å². The lowest BCUT2D eigenvalue weighted by Crippen LogP contribution is -2.35. The van der Waals surface area contributed by atoms with Gasteiger partial charge in [-0.05, 0) is 42.8 Å². The second-order valence-electron chi connectivity index (χ2n) is 6.34. The van der Waals surface area contributed by atoms with Gasteiger partial charge in [0.1, 0.15) is 5.75 Å². The summed E-state index contributed by atoms with van der Waals surface area (Å²) in [5, 5.41) is 5.28. The molecule has 3 aromatic rings. The summed E-state index contributed by atoms with van der Waals surface area (Å²) in [5.41, 5.74) is 0.950. The van der Waals surface area contributed by atoms with Crippen molar-refractivity contribution in [1.82, 2.24) is 0 Å². The molecule has 1 N–H and O–H groups in total. The number of hydrogen-bond acceptors (Lipinski definition) is 2. The zero-order valence-electron chi connectivity index (χ0n) is 14.2. The van der Waals surface area contributed by atoms with Gasteiger partial charge in [0, 0.05) is 11.3 Å². The van der Waals surface area contributed by atoms with Crippen LogP contribution in [0, 0.1) is 0 Å². The third kappa shape index (κ3) is 2.98. The van der Waals surface area contributed by atoms with Gasteiger partial charge in [-0.15, -0.1) is 0 Å². The molecule has 0 fully saturated rings. The van der Waals surface area contributed by atoms with Gasteiger partial charge in [0.25, 0.3) is 0 Å². The van der Waals surface area contributed by atoms with Crippen molar-refractivity contribution < 1.29 is 9.53 Å². The maximum atomic E-state index is 12.9. The lowest BCUT2D eigenvalue weighted by molar-refractivity contribution is -0.120. The Kier molecular flexibility index (Phi) is 4.26. The number of methoxy groups -OCH3 is 1. The van der Waals surface area contributed by atoms with Crippen LogP contribution in [0.2, 0.25) is 0 Å². The maximum absolute atomic E-state index is 12.9. The van der Waals surface area contributed by atoms with Crippen molar-refractivity contribution in [1.29, 1.82) is 0 Å². The number of para-hydroxylation sites is 1. The van der Waals surface area contributed by atoms with Gasteiger partial charge in [0.05, 0.1) is 12.5 Å². The zero-order valence-corrected chi connectivity index (χ0v) is 14.2. The minimum absolute atomic E-state index is 0.0673. The number of rotatable bonds is 4. The fourth-order valence-electron chi connectivity index (χ4n) is 2.84. The van der Waals surface area contributed by atoms with Gasteiger partial charge in [-0.2, -0.15) is 0 Å². The molecule has 0 spiro atoms. The molecule has 0 aliphatic carbocycles. The monoisotopic (exact) mass is 319 g/mol. The van der Waals surface area contributed by atoms with Gasteiger partial charge in [-0.3, -0.25) is 4.79 Å². The van der Waals surface area contributed by atoms with Crippen molar-refractivity contribution in [3.63, 3.8) is 0 Å². The maximum Gasteiger partial charge on any atom is 0.234 e. The van der Waals surface area contributed by atoms with Crippen molar-refractivity contribution in [3.8, 4) is 5.75 Å². The van der Waals surface area contributed by atoms with Crippen LogP contribution in [-0.4, -0.2) is 13.0 Å². The Morgan fingerprint density at radius 1 is 0.917 bits per heavy atom. The van der Waals surface area contributed by atoms with E-state index in [1.165, 1.54) is 0 Å². The number of anilines is 1. The van der Waals surface area contributed by atoms with E-state index in [4.69, 9.17) is 4.74 Å². The van der Waals surface area contributed by atoms with Crippen LogP contribution in [0.3, 0.4) is 0 Å². The van der Waals surface area contributed by atoms with E-state index in [9.17, 15) is 4.79 Å². The minimum Gasteiger partial charge on any atom is -0.496 e. The fraction of sp³-hybridized carbons (Fsp3) is 0.190. The standard InChI is InChI=1S/C21H21NO2/c1-21(2,18-10-6-7-11-19(18)24-3)20(23)22-17-13-12-15-8-4-5-9-16(15)14-17/h4-14H,1-3H3,(H,22,23). The number of carbonyl (C=O) groups excluding carboxylic acids is 1. The van der Waals surface area contributed by atoms with Crippen molar-refractivity contribution in [2.75, 3.05) is 12.4 Å². The van der Waals surface area contributed by atoms with Crippen LogP contribution in [0.1, 0.15) is 19.4 Å². The van der Waals surface area contributed by atoms with Gasteiger partial charge in [0.2, 0.25) is 5.91 Å². The van der Waals surface area contributed by atoms with Crippen LogP contribution in [0.15, 0.2) is 66.7 Å². The predicted molar refractivity (Wildman–Crippen MR) is 98.6 cm³/mol. The molecule has 0 saturated carbocycles. The number of benzene rings is 3. The summed E-state index contributed by atoms with van der Waals surface area (Å²) in [6.07, 6.45) is 0. The first-order valence-corrected chi connectivity index (χ1v) is 7.96. The zero-order chi connectivity index (χ0) is 17.2. The summed E-state index contributed by atoms with van der Waals surface area (Å²) in [6, 6.07) is 21.7. The summed E-state index contributed by atoms with van der Waals surface area (Å²) in [4.78, 5) is 12.9. The molecule has 0 bridgehead atoms. The molecule has 0 aliphatic heterocycles. The second kappa shape index (κ2) is 6.36. The molecule has 0 unspecified atom stereocenters. The number of nitrogens with one attached hydrogen (secondary N) is 1. The van der Waals surface area contributed by atoms with Crippen LogP contribution in [-0.2, 0) is 10.2 Å². The molecule has 0 atom stereocenters. The molecular weight excluding hydrogens is 298 g/mol. The summed E-state index contributed by atoms with van der Waals surface area (Å²) < 4.78 is 5.41. The van der Waals surface area contributed by atoms with Crippen molar-refractivity contribution >= 4 is 22.4 Å². The van der Waals surface area contributed by atoms with Crippen LogP contribution in [0.5, 0.6) is 5.75 Å². The quantitative estimate of drug-likeness (QED) is 0.752. The van der Waals surface area contributed by atoms with E-state index >= 15 is 0 Å². The lowest BCUT2D eigenvalue weighted by atomic mass is 9.83. The molecule has 0 radical (unpaired) electrons. The van der Waals surface area contributed by atoms with E-state index in [1.807, 2.05) is 74.5 Å². The summed E-state index contributed by atoms with van der Waals surface area (Å²) in [6.45, 7) is 3.81. The number of carbonyl (C=O) groups is 1. The van der Waals surface area contributed by atoms with E-state index in [0.29, 0.717) is 0 Å². The fourth-order valence-corrected chi connectivity index (χ4v) is 2.84. The third-order valence-corrected chi connectivity index (χ3v) is 4.36. The Balaban J connectivity index is 1.89. The van der Waals surface area contributed by atoms with Gasteiger partial charge < -0.3 is 10.1 Å². The van der Waals surface area contributed by atoms with Gasteiger partial charge in [-0.1, -0.05) is 48.5 Å². The van der Waals surface area contributed by atoms with Gasteiger partial charge in [0.15, 0.2) is 0 Å². The number of hydrogen-bond donors (Lipinski definition) is 1. The van der Waals surface area contributed by atoms with Gasteiger partial charge in [-0.25, -0.2) is 0 Å². The molecule has 0 aliphatic rings. The molecule has 0 aromatic heterocycles. The van der Waals surface area contributed by atoms with E-state index in [1.54, 1.807) is 7.11 Å². The van der Waals surface area contributed by atoms with E-state index < -0.39 is 5.41 Å². The number of fused-ring (bicyclic) bond motifs is 1. The molecule has 3 nitrogen and oxygen atoms in total. The first-order chi connectivity index (χ1) is 11.5. The van der Waals surface area contributed by atoms with Gasteiger partial charge >= 0.3 is 0 Å². The average Bonchev–Trinajstić information content (AvgIpc) is 2.61. The molecule has 24 heavy (non-hydrogen) atoms. The molecule has 0 saturated heterocycles. The molecule has 122 valence electrons. The summed E-state index contributed by atoms with van der Waals surface area (Å²) in [5.74, 6) is 0.651. The second-order valence-corrected chi connectivity index (χ2v) is 6.34. The molecule has 1 amide bonds. The van der Waals surface area contributed by atoms with Crippen LogP contribution in [0.4, 0.5) is 5.69 Å². The minimum atomic E-state index is -0.710. The number of amides is 1. The Morgan fingerprint density at radius 3 is 2.33 bits per heavy atom. The molecule has 3 rings (SSSR count). The molecule has 0 heterocycles. The molecule has 3 aromatic carbocycles. The largest absolute Gasteiger partial charge is 0.496 e. The SMILES string of the molecule is COc1ccccc1C(C)(C)C(=O)Nc1ccc2ccccc2c1. The highest BCUT2D eigenvalue weighted by atomic mass is 16.5. The van der Waals surface area contributed by atoms with Crippen LogP contribution in [0.25, 0.3) is 10.8 Å². The van der Waals surface area contributed by atoms with E-state index in [-0.39, 0.29) is 5.91 Å². The Hall–Kier alpha value is -2.81. The lowest BCUT2D eigenvalue weighted by Gasteiger charge is -2.26. The summed E-state index contributed by atoms with van der Waals surface area (Å²) in [7, 11) is 1.62. The normalized spacial score (nSPS) is 11.3. The predicted octanol–water partition coefficient (Wildman–Crippen LogP) is 4.76. The third-order valence-electron chi connectivity index (χ3n) is 4.36. The smallest absolute Gasteiger partial charge is 0.234 e. The van der Waals surface area contributed by atoms with Crippen LogP contribution >= 0.6 is 0 Å². The first-order valence-electron chi connectivity index (χ1n) is 7.96. The van der Waals surface area contributed by atoms with E-state index in [2.05, 4.69) is 11.4 Å². The van der Waals surface area contributed by atoms with Crippen molar-refractivity contribution in [2.24, 2.45) is 0 Å². The Morgan fingerprint density at radius 2 is 1.58 bits per heavy atom. The average molecular weight is 319 g/mol. The molecule has 3 heteroatoms. The first kappa shape index (κ1) is 16.1. The molecular formula is C21H21NO2. The Labute approximate surface area is 142 Å². The highest BCUT2D eigenvalue weighted by Gasteiger charge is 2.32. The highest BCUT2D eigenvalue weighted by molar-refractivity contribution is 6.00. The Bertz CT molecular complexity index is 884.